The van der Waals surface area contributed by atoms with Gasteiger partial charge in [0.25, 0.3) is 5.91 Å². The van der Waals surface area contributed by atoms with Crippen LogP contribution in [0.5, 0.6) is 0 Å². The maximum absolute atomic E-state index is 13.5. The molecule has 1 aliphatic carbocycles. The SMILES string of the molecule is C=C(F)C(=O)N1C=CN(c2nc(CC)nc3c2CCN(C2=CCCc4cccc(C)c42)C3)CC(C)C1. The molecule has 0 saturated carbocycles. The molecule has 2 aromatic rings. The van der Waals surface area contributed by atoms with Crippen molar-refractivity contribution in [3.63, 3.8) is 0 Å². The molecule has 0 spiro atoms. The number of amides is 1. The summed E-state index contributed by atoms with van der Waals surface area (Å²) in [6.45, 7) is 12.3. The Bertz CT molecular complexity index is 1270. The van der Waals surface area contributed by atoms with Crippen LogP contribution in [0.25, 0.3) is 5.70 Å². The summed E-state index contributed by atoms with van der Waals surface area (Å²) in [5.74, 6) is 0.219. The Morgan fingerprint density at radius 3 is 2.81 bits per heavy atom. The molecule has 0 radical (unpaired) electrons. The minimum absolute atomic E-state index is 0.131. The number of anilines is 1. The van der Waals surface area contributed by atoms with Crippen molar-refractivity contribution in [2.45, 2.75) is 53.0 Å². The topological polar surface area (TPSA) is 52.6 Å². The molecular weight excluding hydrogens is 453 g/mol. The highest BCUT2D eigenvalue weighted by Crippen LogP contribution is 2.36. The molecule has 0 bridgehead atoms. The average Bonchev–Trinajstić information content (AvgIpc) is 3.08. The number of fused-ring (bicyclic) bond motifs is 2. The zero-order chi connectivity index (χ0) is 25.4. The summed E-state index contributed by atoms with van der Waals surface area (Å²) in [5, 5.41) is 0. The van der Waals surface area contributed by atoms with Crippen molar-refractivity contribution in [1.29, 1.82) is 0 Å². The second-order valence-corrected chi connectivity index (χ2v) is 10.1. The van der Waals surface area contributed by atoms with Gasteiger partial charge in [-0.1, -0.05) is 44.7 Å². The van der Waals surface area contributed by atoms with E-state index >= 15 is 0 Å². The Morgan fingerprint density at radius 2 is 2.03 bits per heavy atom. The van der Waals surface area contributed by atoms with E-state index in [1.807, 2.05) is 6.20 Å². The fourth-order valence-electron chi connectivity index (χ4n) is 5.59. The van der Waals surface area contributed by atoms with Crippen LogP contribution in [-0.2, 0) is 30.6 Å². The van der Waals surface area contributed by atoms with Crippen LogP contribution in [0.3, 0.4) is 0 Å². The van der Waals surface area contributed by atoms with Gasteiger partial charge in [-0.15, -0.1) is 0 Å². The normalized spacial score (nSPS) is 19.4. The minimum Gasteiger partial charge on any atom is -0.365 e. The minimum atomic E-state index is -0.943. The van der Waals surface area contributed by atoms with Crippen molar-refractivity contribution in [1.82, 2.24) is 19.8 Å². The molecule has 0 N–H and O–H groups in total. The second-order valence-electron chi connectivity index (χ2n) is 10.1. The van der Waals surface area contributed by atoms with Gasteiger partial charge < -0.3 is 14.7 Å². The maximum atomic E-state index is 13.5. The van der Waals surface area contributed by atoms with Gasteiger partial charge in [-0.05, 0) is 43.2 Å². The summed E-state index contributed by atoms with van der Waals surface area (Å²) in [6, 6.07) is 6.61. The number of nitrogens with zero attached hydrogens (tertiary/aromatic N) is 5. The fourth-order valence-corrected chi connectivity index (χ4v) is 5.59. The van der Waals surface area contributed by atoms with Crippen LogP contribution < -0.4 is 4.90 Å². The lowest BCUT2D eigenvalue weighted by Gasteiger charge is -2.36. The summed E-state index contributed by atoms with van der Waals surface area (Å²) < 4.78 is 13.5. The first kappa shape index (κ1) is 24.2. The van der Waals surface area contributed by atoms with Gasteiger partial charge in [0, 0.05) is 55.3 Å². The first-order valence-electron chi connectivity index (χ1n) is 12.9. The zero-order valence-electron chi connectivity index (χ0n) is 21.4. The number of allylic oxidation sites excluding steroid dienone is 1. The highest BCUT2D eigenvalue weighted by atomic mass is 19.1. The average molecular weight is 488 g/mol. The number of carbonyl (C=O) groups excluding carboxylic acids is 1. The molecule has 1 aromatic carbocycles. The van der Waals surface area contributed by atoms with Gasteiger partial charge in [0.1, 0.15) is 11.6 Å². The largest absolute Gasteiger partial charge is 0.365 e. The van der Waals surface area contributed by atoms with Crippen LogP contribution in [0, 0.1) is 12.8 Å². The first-order chi connectivity index (χ1) is 17.4. The number of hydrogen-bond donors (Lipinski definition) is 0. The summed E-state index contributed by atoms with van der Waals surface area (Å²) in [4.78, 5) is 28.1. The molecule has 1 amide bonds. The molecular formula is C29H34FN5O. The van der Waals surface area contributed by atoms with E-state index in [2.05, 4.69) is 61.4 Å². The van der Waals surface area contributed by atoms with Crippen molar-refractivity contribution in [2.75, 3.05) is 24.5 Å². The van der Waals surface area contributed by atoms with Gasteiger partial charge in [-0.25, -0.2) is 14.4 Å². The monoisotopic (exact) mass is 487 g/mol. The third kappa shape index (κ3) is 4.54. The van der Waals surface area contributed by atoms with Crippen molar-refractivity contribution in [2.24, 2.45) is 5.92 Å². The summed E-state index contributed by atoms with van der Waals surface area (Å²) in [6.07, 6.45) is 9.61. The summed E-state index contributed by atoms with van der Waals surface area (Å²) in [5.41, 5.74) is 7.68. The third-order valence-electron chi connectivity index (χ3n) is 7.32. The predicted octanol–water partition coefficient (Wildman–Crippen LogP) is 4.93. The molecule has 5 rings (SSSR count). The molecule has 0 saturated heterocycles. The first-order valence-corrected chi connectivity index (χ1v) is 12.9. The van der Waals surface area contributed by atoms with E-state index in [1.54, 1.807) is 6.20 Å². The Kier molecular flexibility index (Phi) is 6.65. The molecule has 7 heteroatoms. The highest BCUT2D eigenvalue weighted by molar-refractivity contribution is 5.91. The van der Waals surface area contributed by atoms with Crippen molar-refractivity contribution in [3.8, 4) is 0 Å². The Hall–Kier alpha value is -3.48. The molecule has 1 aromatic heterocycles. The van der Waals surface area contributed by atoms with Crippen molar-refractivity contribution in [3.05, 3.63) is 82.9 Å². The molecule has 3 aliphatic rings. The number of rotatable bonds is 4. The quantitative estimate of drug-likeness (QED) is 0.573. The summed E-state index contributed by atoms with van der Waals surface area (Å²) >= 11 is 0. The Labute approximate surface area is 212 Å². The van der Waals surface area contributed by atoms with Gasteiger partial charge in [0.05, 0.1) is 12.2 Å². The van der Waals surface area contributed by atoms with E-state index < -0.39 is 11.7 Å². The van der Waals surface area contributed by atoms with E-state index in [-0.39, 0.29) is 5.92 Å². The molecule has 188 valence electrons. The number of hydrogen-bond acceptors (Lipinski definition) is 5. The predicted molar refractivity (Wildman–Crippen MR) is 141 cm³/mol. The van der Waals surface area contributed by atoms with Crippen LogP contribution >= 0.6 is 0 Å². The molecule has 36 heavy (non-hydrogen) atoms. The van der Waals surface area contributed by atoms with E-state index in [9.17, 15) is 9.18 Å². The van der Waals surface area contributed by atoms with Crippen molar-refractivity contribution >= 4 is 17.4 Å². The molecule has 1 unspecified atom stereocenters. The standard InChI is InChI=1S/C29H34FN5O/c1-5-26-31-24-18-33(25-11-7-10-22-9-6-8-20(3)27(22)25)13-12-23(24)28(32-26)34-14-15-35(17-19(2)16-34)29(36)21(4)30/h6,8-9,11,14-15,19H,4-5,7,10,12-13,16-18H2,1-3H3. The van der Waals surface area contributed by atoms with E-state index in [0.717, 1.165) is 61.7 Å². The van der Waals surface area contributed by atoms with Crippen LogP contribution in [0.2, 0.25) is 0 Å². The van der Waals surface area contributed by atoms with Gasteiger partial charge in [0.2, 0.25) is 0 Å². The third-order valence-corrected chi connectivity index (χ3v) is 7.32. The lowest BCUT2D eigenvalue weighted by Crippen LogP contribution is -2.34. The van der Waals surface area contributed by atoms with Gasteiger partial charge >= 0.3 is 0 Å². The molecule has 1 atom stereocenters. The van der Waals surface area contributed by atoms with Crippen LogP contribution in [0.15, 0.2) is 49.1 Å². The fraction of sp³-hybridized carbons (Fsp3) is 0.414. The van der Waals surface area contributed by atoms with Crippen molar-refractivity contribution < 1.29 is 9.18 Å². The summed E-state index contributed by atoms with van der Waals surface area (Å²) in [7, 11) is 0. The van der Waals surface area contributed by atoms with Gasteiger partial charge in [-0.3, -0.25) is 4.79 Å². The Balaban J connectivity index is 1.48. The molecule has 3 heterocycles. The number of halogens is 1. The smallest absolute Gasteiger partial charge is 0.285 e. The van der Waals surface area contributed by atoms with E-state index in [4.69, 9.17) is 9.97 Å². The van der Waals surface area contributed by atoms with Gasteiger partial charge in [-0.2, -0.15) is 0 Å². The van der Waals surface area contributed by atoms with E-state index in [1.165, 1.54) is 27.3 Å². The van der Waals surface area contributed by atoms with Gasteiger partial charge in [0.15, 0.2) is 5.83 Å². The number of aryl methyl sites for hydroxylation is 3. The molecule has 6 nitrogen and oxygen atoms in total. The van der Waals surface area contributed by atoms with Crippen LogP contribution in [0.4, 0.5) is 10.2 Å². The number of aromatic nitrogens is 2. The van der Waals surface area contributed by atoms with Crippen LogP contribution in [-0.4, -0.2) is 45.3 Å². The Morgan fingerprint density at radius 1 is 1.19 bits per heavy atom. The highest BCUT2D eigenvalue weighted by Gasteiger charge is 2.29. The zero-order valence-corrected chi connectivity index (χ0v) is 21.4. The number of benzene rings is 1. The maximum Gasteiger partial charge on any atom is 0.285 e. The molecule has 0 fully saturated rings. The lowest BCUT2D eigenvalue weighted by molar-refractivity contribution is -0.126. The van der Waals surface area contributed by atoms with Crippen LogP contribution in [0.1, 0.15) is 54.0 Å². The lowest BCUT2D eigenvalue weighted by atomic mass is 9.89. The number of carbonyl (C=O) groups is 1. The van der Waals surface area contributed by atoms with E-state index in [0.29, 0.717) is 13.1 Å². The molecule has 2 aliphatic heterocycles. The second kappa shape index (κ2) is 9.88.